The number of carbonyl (C=O) groups is 3. The van der Waals surface area contributed by atoms with Crippen molar-refractivity contribution in [2.45, 2.75) is 46.0 Å². The van der Waals surface area contributed by atoms with Crippen LogP contribution in [0.4, 0.5) is 5.69 Å². The molecule has 0 atom stereocenters. The topological polar surface area (TPSA) is 69.7 Å². The first-order valence-electron chi connectivity index (χ1n) is 9.55. The van der Waals surface area contributed by atoms with E-state index in [4.69, 9.17) is 23.2 Å². The van der Waals surface area contributed by atoms with Crippen LogP contribution in [-0.4, -0.2) is 54.2 Å². The molecule has 0 saturated carbocycles. The smallest absolute Gasteiger partial charge is 0.244 e. The normalized spacial score (nSPS) is 10.5. The van der Waals surface area contributed by atoms with Gasteiger partial charge in [-0.25, -0.2) is 0 Å². The second-order valence-corrected chi connectivity index (χ2v) is 7.44. The van der Waals surface area contributed by atoms with Crippen molar-refractivity contribution in [2.24, 2.45) is 0 Å². The third-order valence-electron chi connectivity index (χ3n) is 4.15. The first-order valence-corrected chi connectivity index (χ1v) is 10.3. The van der Waals surface area contributed by atoms with Crippen molar-refractivity contribution in [3.8, 4) is 0 Å². The van der Waals surface area contributed by atoms with Gasteiger partial charge in [-0.3, -0.25) is 14.4 Å². The average molecular weight is 430 g/mol. The number of anilines is 1. The van der Waals surface area contributed by atoms with Gasteiger partial charge in [-0.05, 0) is 31.4 Å². The Morgan fingerprint density at radius 3 is 2.04 bits per heavy atom. The number of halogens is 2. The minimum Gasteiger partial charge on any atom is -0.343 e. The van der Waals surface area contributed by atoms with Crippen molar-refractivity contribution in [2.75, 3.05) is 32.0 Å². The Hall–Kier alpha value is -1.79. The number of benzene rings is 1. The largest absolute Gasteiger partial charge is 0.343 e. The number of nitrogens with zero attached hydrogens (tertiary/aromatic N) is 2. The number of carbonyl (C=O) groups excluding carboxylic acids is 3. The third-order valence-corrected chi connectivity index (χ3v) is 4.78. The number of rotatable bonds is 11. The summed E-state index contributed by atoms with van der Waals surface area (Å²) in [6.07, 6.45) is 2.84. The summed E-state index contributed by atoms with van der Waals surface area (Å²) >= 11 is 12.1. The molecular formula is C20H29Cl2N3O3. The Morgan fingerprint density at radius 1 is 0.964 bits per heavy atom. The quantitative estimate of drug-likeness (QED) is 0.572. The zero-order valence-electron chi connectivity index (χ0n) is 16.8. The van der Waals surface area contributed by atoms with Gasteiger partial charge in [-0.2, -0.15) is 0 Å². The standard InChI is InChI=1S/C20H29Cl2N3O3/c1-4-12-25(13-5-2)19(28)11-7-10-18(27)24(3)14-17(26)23-20-15(21)8-6-9-16(20)22/h6,8-9H,4-5,7,10-14H2,1-3H3,(H,23,26). The predicted molar refractivity (Wildman–Crippen MR) is 114 cm³/mol. The summed E-state index contributed by atoms with van der Waals surface area (Å²) in [4.78, 5) is 39.8. The summed E-state index contributed by atoms with van der Waals surface area (Å²) in [7, 11) is 1.55. The lowest BCUT2D eigenvalue weighted by Gasteiger charge is -2.22. The molecular weight excluding hydrogens is 401 g/mol. The maximum atomic E-state index is 12.2. The summed E-state index contributed by atoms with van der Waals surface area (Å²) in [6, 6.07) is 4.92. The maximum Gasteiger partial charge on any atom is 0.244 e. The molecule has 1 N–H and O–H groups in total. The van der Waals surface area contributed by atoms with E-state index in [1.54, 1.807) is 25.2 Å². The number of hydrogen-bond acceptors (Lipinski definition) is 3. The van der Waals surface area contributed by atoms with E-state index in [0.29, 0.717) is 28.6 Å². The highest BCUT2D eigenvalue weighted by atomic mass is 35.5. The van der Waals surface area contributed by atoms with E-state index in [1.807, 2.05) is 18.7 Å². The van der Waals surface area contributed by atoms with Gasteiger partial charge in [0.15, 0.2) is 0 Å². The molecule has 6 nitrogen and oxygen atoms in total. The molecule has 0 aromatic heterocycles. The van der Waals surface area contributed by atoms with E-state index in [2.05, 4.69) is 5.32 Å². The molecule has 0 radical (unpaired) electrons. The highest BCUT2D eigenvalue weighted by molar-refractivity contribution is 6.39. The molecule has 1 aromatic carbocycles. The van der Waals surface area contributed by atoms with Crippen LogP contribution in [0, 0.1) is 0 Å². The Balaban J connectivity index is 2.44. The van der Waals surface area contributed by atoms with Gasteiger partial charge in [0.05, 0.1) is 22.3 Å². The lowest BCUT2D eigenvalue weighted by atomic mass is 10.2. The van der Waals surface area contributed by atoms with E-state index in [9.17, 15) is 14.4 Å². The second-order valence-electron chi connectivity index (χ2n) is 6.63. The highest BCUT2D eigenvalue weighted by Crippen LogP contribution is 2.29. The molecule has 0 aliphatic carbocycles. The molecule has 3 amide bonds. The van der Waals surface area contributed by atoms with Gasteiger partial charge < -0.3 is 15.1 Å². The van der Waals surface area contributed by atoms with Crippen LogP contribution >= 0.6 is 23.2 Å². The van der Waals surface area contributed by atoms with Crippen molar-refractivity contribution in [3.05, 3.63) is 28.2 Å². The minimum atomic E-state index is -0.390. The zero-order valence-corrected chi connectivity index (χ0v) is 18.3. The molecule has 28 heavy (non-hydrogen) atoms. The molecule has 0 unspecified atom stereocenters. The fraction of sp³-hybridized carbons (Fsp3) is 0.550. The highest BCUT2D eigenvalue weighted by Gasteiger charge is 2.17. The molecule has 156 valence electrons. The molecule has 1 rings (SSSR count). The van der Waals surface area contributed by atoms with Crippen LogP contribution in [0.2, 0.25) is 10.0 Å². The molecule has 0 heterocycles. The van der Waals surface area contributed by atoms with Gasteiger partial charge in [0.25, 0.3) is 0 Å². The van der Waals surface area contributed by atoms with Crippen molar-refractivity contribution in [1.29, 1.82) is 0 Å². The monoisotopic (exact) mass is 429 g/mol. The van der Waals surface area contributed by atoms with E-state index in [1.165, 1.54) is 4.90 Å². The number of hydrogen-bond donors (Lipinski definition) is 1. The summed E-state index contributed by atoms with van der Waals surface area (Å²) in [5.74, 6) is -0.505. The van der Waals surface area contributed by atoms with Crippen LogP contribution in [0.1, 0.15) is 46.0 Å². The molecule has 0 aliphatic heterocycles. The van der Waals surface area contributed by atoms with Crippen LogP contribution in [0.15, 0.2) is 18.2 Å². The minimum absolute atomic E-state index is 0.0743. The van der Waals surface area contributed by atoms with E-state index in [-0.39, 0.29) is 30.7 Å². The Labute approximate surface area is 177 Å². The first-order chi connectivity index (χ1) is 13.3. The molecule has 0 fully saturated rings. The summed E-state index contributed by atoms with van der Waals surface area (Å²) in [5, 5.41) is 3.29. The number of para-hydroxylation sites is 1. The van der Waals surface area contributed by atoms with Crippen molar-refractivity contribution in [3.63, 3.8) is 0 Å². The van der Waals surface area contributed by atoms with E-state index < -0.39 is 0 Å². The summed E-state index contributed by atoms with van der Waals surface area (Å²) < 4.78 is 0. The molecule has 0 spiro atoms. The number of nitrogens with one attached hydrogen (secondary N) is 1. The third kappa shape index (κ3) is 8.07. The lowest BCUT2D eigenvalue weighted by molar-refractivity contribution is -0.134. The van der Waals surface area contributed by atoms with Gasteiger partial charge in [-0.1, -0.05) is 43.1 Å². The fourth-order valence-corrected chi connectivity index (χ4v) is 3.23. The number of amides is 3. The van der Waals surface area contributed by atoms with Crippen LogP contribution in [0.25, 0.3) is 0 Å². The summed E-state index contributed by atoms with van der Waals surface area (Å²) in [5.41, 5.74) is 0.328. The number of likely N-dealkylation sites (N-methyl/N-ethyl adjacent to an activating group) is 1. The van der Waals surface area contributed by atoms with Crippen LogP contribution in [0.5, 0.6) is 0 Å². The Bertz CT molecular complexity index is 656. The molecule has 0 bridgehead atoms. The lowest BCUT2D eigenvalue weighted by Crippen LogP contribution is -2.35. The molecule has 0 aliphatic rings. The van der Waals surface area contributed by atoms with Gasteiger partial charge in [0, 0.05) is 33.0 Å². The molecule has 0 saturated heterocycles. The SMILES string of the molecule is CCCN(CCC)C(=O)CCCC(=O)N(C)CC(=O)Nc1c(Cl)cccc1Cl. The first kappa shape index (κ1) is 24.2. The van der Waals surface area contributed by atoms with Gasteiger partial charge in [0.1, 0.15) is 0 Å². The van der Waals surface area contributed by atoms with E-state index >= 15 is 0 Å². The maximum absolute atomic E-state index is 12.2. The van der Waals surface area contributed by atoms with Crippen LogP contribution < -0.4 is 5.32 Å². The summed E-state index contributed by atoms with van der Waals surface area (Å²) in [6.45, 7) is 5.44. The Morgan fingerprint density at radius 2 is 1.50 bits per heavy atom. The van der Waals surface area contributed by atoms with Gasteiger partial charge in [-0.15, -0.1) is 0 Å². The second kappa shape index (κ2) is 12.6. The van der Waals surface area contributed by atoms with Gasteiger partial charge >= 0.3 is 0 Å². The fourth-order valence-electron chi connectivity index (χ4n) is 2.74. The average Bonchev–Trinajstić information content (AvgIpc) is 2.64. The van der Waals surface area contributed by atoms with Gasteiger partial charge in [0.2, 0.25) is 17.7 Å². The molecule has 8 heteroatoms. The van der Waals surface area contributed by atoms with Crippen molar-refractivity contribution >= 4 is 46.6 Å². The predicted octanol–water partition coefficient (Wildman–Crippen LogP) is 4.21. The van der Waals surface area contributed by atoms with Crippen LogP contribution in [0.3, 0.4) is 0 Å². The Kier molecular flexibility index (Phi) is 10.9. The van der Waals surface area contributed by atoms with Crippen molar-refractivity contribution < 1.29 is 14.4 Å². The molecule has 1 aromatic rings. The van der Waals surface area contributed by atoms with E-state index in [0.717, 1.165) is 25.9 Å². The van der Waals surface area contributed by atoms with Crippen molar-refractivity contribution in [1.82, 2.24) is 9.80 Å². The zero-order chi connectivity index (χ0) is 21.1. The van der Waals surface area contributed by atoms with Crippen LogP contribution in [-0.2, 0) is 14.4 Å².